The number of carbonyl (C=O) groups is 1. The number of carbonyl (C=O) groups excluding carboxylic acids is 1. The van der Waals surface area contributed by atoms with Gasteiger partial charge in [-0.1, -0.05) is 24.3 Å². The van der Waals surface area contributed by atoms with Crippen molar-refractivity contribution in [3.8, 4) is 5.75 Å². The fourth-order valence-electron chi connectivity index (χ4n) is 2.15. The number of nitrogens with one attached hydrogen (secondary N) is 1. The molecule has 23 heavy (non-hydrogen) atoms. The first kappa shape index (κ1) is 16.9. The smallest absolute Gasteiger partial charge is 0.416 e. The minimum Gasteiger partial charge on any atom is -0.496 e. The predicted molar refractivity (Wildman–Crippen MR) is 81.4 cm³/mol. The first-order chi connectivity index (χ1) is 10.9. The van der Waals surface area contributed by atoms with Gasteiger partial charge in [0, 0.05) is 12.1 Å². The molecule has 0 spiro atoms. The molecule has 0 saturated carbocycles. The Morgan fingerprint density at radius 1 is 1.13 bits per heavy atom. The summed E-state index contributed by atoms with van der Waals surface area (Å²) in [6, 6.07) is 11.9. The van der Waals surface area contributed by atoms with Gasteiger partial charge in [-0.25, -0.2) is 0 Å². The third-order valence-corrected chi connectivity index (χ3v) is 3.29. The van der Waals surface area contributed by atoms with Crippen LogP contribution in [0.1, 0.15) is 17.5 Å². The highest BCUT2D eigenvalue weighted by Crippen LogP contribution is 2.30. The van der Waals surface area contributed by atoms with Crippen molar-refractivity contribution >= 4 is 11.6 Å². The Morgan fingerprint density at radius 2 is 1.87 bits per heavy atom. The minimum absolute atomic E-state index is 0.129. The van der Waals surface area contributed by atoms with E-state index in [4.69, 9.17) is 4.74 Å². The molecule has 2 rings (SSSR count). The molecule has 1 N–H and O–H groups in total. The number of para-hydroxylation sites is 1. The number of ether oxygens (including phenoxy) is 1. The molecule has 0 radical (unpaired) electrons. The van der Waals surface area contributed by atoms with Crippen LogP contribution < -0.4 is 10.1 Å². The van der Waals surface area contributed by atoms with E-state index in [1.807, 2.05) is 18.2 Å². The first-order valence-electron chi connectivity index (χ1n) is 6.99. The normalized spacial score (nSPS) is 11.1. The molecule has 0 fully saturated rings. The van der Waals surface area contributed by atoms with E-state index in [0.29, 0.717) is 12.2 Å². The van der Waals surface area contributed by atoms with Crippen LogP contribution in [0.25, 0.3) is 0 Å². The molecule has 0 unspecified atom stereocenters. The second-order valence-corrected chi connectivity index (χ2v) is 4.94. The zero-order valence-corrected chi connectivity index (χ0v) is 12.5. The van der Waals surface area contributed by atoms with Gasteiger partial charge < -0.3 is 10.1 Å². The third kappa shape index (κ3) is 4.74. The molecule has 0 saturated heterocycles. The zero-order valence-electron chi connectivity index (χ0n) is 12.5. The molecule has 122 valence electrons. The summed E-state index contributed by atoms with van der Waals surface area (Å²) in [5, 5.41) is 2.48. The molecule has 0 aliphatic rings. The number of methoxy groups -OCH3 is 1. The summed E-state index contributed by atoms with van der Waals surface area (Å²) in [5.41, 5.74) is 0.207. The van der Waals surface area contributed by atoms with Crippen LogP contribution in [0.15, 0.2) is 48.5 Å². The summed E-state index contributed by atoms with van der Waals surface area (Å²) >= 11 is 0. The molecule has 0 heterocycles. The molecule has 2 aromatic carbocycles. The van der Waals surface area contributed by atoms with Gasteiger partial charge in [0.25, 0.3) is 0 Å². The lowest BCUT2D eigenvalue weighted by atomic mass is 10.1. The predicted octanol–water partition coefficient (Wildman–Crippen LogP) is 4.29. The van der Waals surface area contributed by atoms with Crippen molar-refractivity contribution in [2.24, 2.45) is 0 Å². The molecular formula is C17H16F3NO2. The van der Waals surface area contributed by atoms with E-state index in [-0.39, 0.29) is 18.0 Å². The first-order valence-corrected chi connectivity index (χ1v) is 6.99. The van der Waals surface area contributed by atoms with Crippen molar-refractivity contribution in [2.75, 3.05) is 12.4 Å². The van der Waals surface area contributed by atoms with Gasteiger partial charge in [-0.2, -0.15) is 13.2 Å². The number of hydrogen-bond acceptors (Lipinski definition) is 2. The Kier molecular flexibility index (Phi) is 5.26. The quantitative estimate of drug-likeness (QED) is 0.891. The number of hydrogen-bond donors (Lipinski definition) is 1. The molecular weight excluding hydrogens is 307 g/mol. The molecule has 0 aliphatic carbocycles. The number of anilines is 1. The monoisotopic (exact) mass is 323 g/mol. The third-order valence-electron chi connectivity index (χ3n) is 3.29. The largest absolute Gasteiger partial charge is 0.496 e. The van der Waals surface area contributed by atoms with Gasteiger partial charge in [-0.3, -0.25) is 4.79 Å². The average Bonchev–Trinajstić information content (AvgIpc) is 2.52. The van der Waals surface area contributed by atoms with E-state index < -0.39 is 11.7 Å². The van der Waals surface area contributed by atoms with Crippen molar-refractivity contribution in [1.29, 1.82) is 0 Å². The summed E-state index contributed by atoms with van der Waals surface area (Å²) < 4.78 is 43.1. The fourth-order valence-corrected chi connectivity index (χ4v) is 2.15. The molecule has 0 aromatic heterocycles. The lowest BCUT2D eigenvalue weighted by molar-refractivity contribution is -0.137. The Labute approximate surface area is 132 Å². The molecule has 1 amide bonds. The summed E-state index contributed by atoms with van der Waals surface area (Å²) in [6.45, 7) is 0. The molecule has 0 bridgehead atoms. The fraction of sp³-hybridized carbons (Fsp3) is 0.235. The number of rotatable bonds is 5. The van der Waals surface area contributed by atoms with E-state index in [1.165, 1.54) is 12.1 Å². The van der Waals surface area contributed by atoms with Crippen LogP contribution in [0.5, 0.6) is 5.75 Å². The summed E-state index contributed by atoms with van der Waals surface area (Å²) in [5.74, 6) is 0.328. The van der Waals surface area contributed by atoms with Gasteiger partial charge in [0.1, 0.15) is 5.75 Å². The highest BCUT2D eigenvalue weighted by atomic mass is 19.4. The van der Waals surface area contributed by atoms with Gasteiger partial charge >= 0.3 is 6.18 Å². The van der Waals surface area contributed by atoms with E-state index in [2.05, 4.69) is 5.32 Å². The van der Waals surface area contributed by atoms with E-state index >= 15 is 0 Å². The second-order valence-electron chi connectivity index (χ2n) is 4.94. The minimum atomic E-state index is -4.43. The lowest BCUT2D eigenvalue weighted by Gasteiger charge is -2.10. The maximum Gasteiger partial charge on any atom is 0.416 e. The number of aryl methyl sites for hydroxylation is 1. The maximum absolute atomic E-state index is 12.6. The van der Waals surface area contributed by atoms with E-state index in [1.54, 1.807) is 13.2 Å². The van der Waals surface area contributed by atoms with Crippen LogP contribution in [-0.2, 0) is 17.4 Å². The van der Waals surface area contributed by atoms with Gasteiger partial charge in [0.2, 0.25) is 5.91 Å². The number of amides is 1. The van der Waals surface area contributed by atoms with Crippen molar-refractivity contribution in [3.05, 3.63) is 59.7 Å². The van der Waals surface area contributed by atoms with Crippen molar-refractivity contribution in [2.45, 2.75) is 19.0 Å². The topological polar surface area (TPSA) is 38.3 Å². The van der Waals surface area contributed by atoms with E-state index in [0.717, 1.165) is 17.7 Å². The van der Waals surface area contributed by atoms with Crippen LogP contribution in [0.2, 0.25) is 0 Å². The highest BCUT2D eigenvalue weighted by molar-refractivity contribution is 5.90. The zero-order chi connectivity index (χ0) is 16.9. The molecule has 6 heteroatoms. The molecule has 0 atom stereocenters. The Morgan fingerprint density at radius 3 is 2.57 bits per heavy atom. The second kappa shape index (κ2) is 7.17. The van der Waals surface area contributed by atoms with Gasteiger partial charge in [0.05, 0.1) is 12.7 Å². The summed E-state index contributed by atoms with van der Waals surface area (Å²) in [4.78, 5) is 11.9. The Bertz CT molecular complexity index is 684. The lowest BCUT2D eigenvalue weighted by Crippen LogP contribution is -2.13. The highest BCUT2D eigenvalue weighted by Gasteiger charge is 2.30. The number of alkyl halides is 3. The van der Waals surface area contributed by atoms with Crippen molar-refractivity contribution in [3.63, 3.8) is 0 Å². The van der Waals surface area contributed by atoms with Crippen LogP contribution in [-0.4, -0.2) is 13.0 Å². The standard InChI is InChI=1S/C17H16F3NO2/c1-23-15-8-3-2-5-12(15)9-10-16(22)21-14-7-4-6-13(11-14)17(18,19)20/h2-8,11H,9-10H2,1H3,(H,21,22). The van der Waals surface area contributed by atoms with Gasteiger partial charge in [-0.05, 0) is 36.2 Å². The molecule has 3 nitrogen and oxygen atoms in total. The van der Waals surface area contributed by atoms with Crippen LogP contribution in [0, 0.1) is 0 Å². The maximum atomic E-state index is 12.6. The molecule has 0 aliphatic heterocycles. The summed E-state index contributed by atoms with van der Waals surface area (Å²) in [7, 11) is 1.54. The van der Waals surface area contributed by atoms with Gasteiger partial charge in [-0.15, -0.1) is 0 Å². The molecule has 2 aromatic rings. The Hall–Kier alpha value is -2.50. The number of benzene rings is 2. The van der Waals surface area contributed by atoms with Crippen molar-refractivity contribution in [1.82, 2.24) is 0 Å². The van der Waals surface area contributed by atoms with Crippen molar-refractivity contribution < 1.29 is 22.7 Å². The number of halogens is 3. The Balaban J connectivity index is 1.98. The summed E-state index contributed by atoms with van der Waals surface area (Å²) in [6.07, 6.45) is -3.84. The van der Waals surface area contributed by atoms with Gasteiger partial charge in [0.15, 0.2) is 0 Å². The van der Waals surface area contributed by atoms with Crippen LogP contribution in [0.4, 0.5) is 18.9 Å². The SMILES string of the molecule is COc1ccccc1CCC(=O)Nc1cccc(C(F)(F)F)c1. The van der Waals surface area contributed by atoms with Crippen LogP contribution >= 0.6 is 0 Å². The average molecular weight is 323 g/mol. The van der Waals surface area contributed by atoms with E-state index in [9.17, 15) is 18.0 Å². The van der Waals surface area contributed by atoms with Crippen LogP contribution in [0.3, 0.4) is 0 Å².